The molecule has 1 aromatic rings. The summed E-state index contributed by atoms with van der Waals surface area (Å²) in [6.45, 7) is 1.83. The summed E-state index contributed by atoms with van der Waals surface area (Å²) >= 11 is 0. The first kappa shape index (κ1) is 15.5. The molecule has 2 aliphatic rings. The van der Waals surface area contributed by atoms with Crippen molar-refractivity contribution in [1.29, 1.82) is 0 Å². The summed E-state index contributed by atoms with van der Waals surface area (Å²) in [5.74, 6) is 0.891. The monoisotopic (exact) mass is 300 g/mol. The molecule has 0 saturated heterocycles. The maximum atomic E-state index is 12.1. The summed E-state index contributed by atoms with van der Waals surface area (Å²) in [5, 5.41) is 6.73. The first-order valence-electron chi connectivity index (χ1n) is 8.90. The van der Waals surface area contributed by atoms with Gasteiger partial charge in [-0.1, -0.05) is 49.6 Å². The van der Waals surface area contributed by atoms with E-state index in [2.05, 4.69) is 34.9 Å². The van der Waals surface area contributed by atoms with E-state index in [-0.39, 0.29) is 11.8 Å². The summed E-state index contributed by atoms with van der Waals surface area (Å²) in [7, 11) is 0. The van der Waals surface area contributed by atoms with Crippen LogP contribution in [0.1, 0.15) is 56.4 Å². The molecule has 0 spiro atoms. The molecule has 0 heterocycles. The number of hydrogen-bond acceptors (Lipinski definition) is 2. The van der Waals surface area contributed by atoms with Gasteiger partial charge in [-0.15, -0.1) is 0 Å². The highest BCUT2D eigenvalue weighted by atomic mass is 16.2. The van der Waals surface area contributed by atoms with Gasteiger partial charge in [0, 0.05) is 18.5 Å². The van der Waals surface area contributed by atoms with E-state index in [4.69, 9.17) is 0 Å². The van der Waals surface area contributed by atoms with Gasteiger partial charge in [0.15, 0.2) is 0 Å². The lowest BCUT2D eigenvalue weighted by Gasteiger charge is -2.22. The molecule has 0 bridgehead atoms. The van der Waals surface area contributed by atoms with Crippen LogP contribution in [0.15, 0.2) is 30.3 Å². The van der Waals surface area contributed by atoms with Crippen LogP contribution in [-0.4, -0.2) is 25.0 Å². The molecule has 0 unspecified atom stereocenters. The third-order valence-corrected chi connectivity index (χ3v) is 5.05. The van der Waals surface area contributed by atoms with Gasteiger partial charge in [-0.05, 0) is 43.7 Å². The molecule has 0 aliphatic heterocycles. The van der Waals surface area contributed by atoms with Crippen LogP contribution in [0.25, 0.3) is 0 Å². The average molecular weight is 300 g/mol. The van der Waals surface area contributed by atoms with Crippen molar-refractivity contribution in [3.8, 4) is 0 Å². The highest BCUT2D eigenvalue weighted by molar-refractivity contribution is 5.82. The van der Waals surface area contributed by atoms with Crippen LogP contribution < -0.4 is 10.6 Å². The maximum Gasteiger partial charge on any atom is 0.223 e. The van der Waals surface area contributed by atoms with Crippen molar-refractivity contribution in [2.45, 2.75) is 56.9 Å². The van der Waals surface area contributed by atoms with E-state index in [9.17, 15) is 4.79 Å². The van der Waals surface area contributed by atoms with Crippen molar-refractivity contribution in [3.05, 3.63) is 35.9 Å². The van der Waals surface area contributed by atoms with E-state index >= 15 is 0 Å². The van der Waals surface area contributed by atoms with Gasteiger partial charge in [-0.2, -0.15) is 0 Å². The predicted molar refractivity (Wildman–Crippen MR) is 89.8 cm³/mol. The van der Waals surface area contributed by atoms with Crippen LogP contribution in [0.5, 0.6) is 0 Å². The molecule has 2 saturated carbocycles. The number of carbonyl (C=O) groups is 1. The smallest absolute Gasteiger partial charge is 0.223 e. The lowest BCUT2D eigenvalue weighted by Crippen LogP contribution is -2.34. The molecular formula is C19H28N2O. The minimum absolute atomic E-state index is 0.203. The van der Waals surface area contributed by atoms with Crippen LogP contribution in [0.4, 0.5) is 0 Å². The zero-order valence-corrected chi connectivity index (χ0v) is 13.4. The van der Waals surface area contributed by atoms with Gasteiger partial charge in [0.25, 0.3) is 0 Å². The molecule has 22 heavy (non-hydrogen) atoms. The first-order valence-corrected chi connectivity index (χ1v) is 8.90. The lowest BCUT2D eigenvalue weighted by atomic mass is 9.95. The zero-order chi connectivity index (χ0) is 15.2. The molecule has 3 nitrogen and oxygen atoms in total. The van der Waals surface area contributed by atoms with Gasteiger partial charge in [-0.25, -0.2) is 0 Å². The second-order valence-electron chi connectivity index (χ2n) is 6.79. The molecule has 0 aromatic heterocycles. The summed E-state index contributed by atoms with van der Waals surface area (Å²) in [6, 6.07) is 11.1. The van der Waals surface area contributed by atoms with Crippen LogP contribution in [0, 0.1) is 5.92 Å². The maximum absolute atomic E-state index is 12.1. The average Bonchev–Trinajstić information content (AvgIpc) is 3.37. The van der Waals surface area contributed by atoms with Crippen LogP contribution in [0.3, 0.4) is 0 Å². The standard InChI is InChI=1S/C19H28N2O/c22-19(18-14-17(18)15-8-3-1-4-9-15)21-13-7-12-20-16-10-5-2-6-11-16/h1,3-4,8-9,16-18,20H,2,5-7,10-14H2,(H,21,22)/t17-,18+/m1/s1. The third kappa shape index (κ3) is 4.33. The molecule has 2 atom stereocenters. The quantitative estimate of drug-likeness (QED) is 0.759. The Kier molecular flexibility index (Phi) is 5.49. The third-order valence-electron chi connectivity index (χ3n) is 5.05. The Morgan fingerprint density at radius 3 is 2.59 bits per heavy atom. The molecule has 3 rings (SSSR count). The molecule has 1 aromatic carbocycles. The van der Waals surface area contributed by atoms with Crippen molar-refractivity contribution >= 4 is 5.91 Å². The van der Waals surface area contributed by atoms with Crippen molar-refractivity contribution < 1.29 is 4.79 Å². The molecule has 0 radical (unpaired) electrons. The van der Waals surface area contributed by atoms with E-state index in [1.165, 1.54) is 37.7 Å². The van der Waals surface area contributed by atoms with Crippen molar-refractivity contribution in [2.75, 3.05) is 13.1 Å². The van der Waals surface area contributed by atoms with Crippen molar-refractivity contribution in [2.24, 2.45) is 5.92 Å². The Balaban J connectivity index is 1.27. The summed E-state index contributed by atoms with van der Waals surface area (Å²) in [4.78, 5) is 12.1. The molecule has 2 fully saturated rings. The molecule has 2 N–H and O–H groups in total. The molecule has 1 amide bonds. The van der Waals surface area contributed by atoms with E-state index in [1.807, 2.05) is 6.07 Å². The van der Waals surface area contributed by atoms with E-state index in [0.29, 0.717) is 5.92 Å². The van der Waals surface area contributed by atoms with Crippen LogP contribution in [-0.2, 0) is 4.79 Å². The Hall–Kier alpha value is -1.35. The van der Waals surface area contributed by atoms with Gasteiger partial charge in [0.2, 0.25) is 5.91 Å². The number of rotatable bonds is 7. The Labute approximate surface area is 133 Å². The lowest BCUT2D eigenvalue weighted by molar-refractivity contribution is -0.122. The van der Waals surface area contributed by atoms with E-state index < -0.39 is 0 Å². The Morgan fingerprint density at radius 1 is 1.05 bits per heavy atom. The number of nitrogens with one attached hydrogen (secondary N) is 2. The van der Waals surface area contributed by atoms with E-state index in [1.54, 1.807) is 0 Å². The van der Waals surface area contributed by atoms with Gasteiger partial charge in [-0.3, -0.25) is 4.79 Å². The second-order valence-corrected chi connectivity index (χ2v) is 6.79. The van der Waals surface area contributed by atoms with Crippen molar-refractivity contribution in [3.63, 3.8) is 0 Å². The fourth-order valence-corrected chi connectivity index (χ4v) is 3.60. The van der Waals surface area contributed by atoms with Gasteiger partial charge in [0.05, 0.1) is 0 Å². The largest absolute Gasteiger partial charge is 0.356 e. The fourth-order valence-electron chi connectivity index (χ4n) is 3.60. The number of amides is 1. The normalized spacial score (nSPS) is 24.9. The number of carbonyl (C=O) groups excluding carboxylic acids is 1. The SMILES string of the molecule is O=C(NCCCNC1CCCCC1)[C@H]1C[C@@H]1c1ccccc1. The molecular weight excluding hydrogens is 272 g/mol. The van der Waals surface area contributed by atoms with Gasteiger partial charge < -0.3 is 10.6 Å². The molecule has 2 aliphatic carbocycles. The topological polar surface area (TPSA) is 41.1 Å². The Bertz CT molecular complexity index is 468. The summed E-state index contributed by atoms with van der Waals surface area (Å²) in [6.07, 6.45) is 8.84. The summed E-state index contributed by atoms with van der Waals surface area (Å²) in [5.41, 5.74) is 1.31. The first-order chi connectivity index (χ1) is 10.8. The highest BCUT2D eigenvalue weighted by Gasteiger charge is 2.43. The molecule has 3 heteroatoms. The van der Waals surface area contributed by atoms with Gasteiger partial charge >= 0.3 is 0 Å². The highest BCUT2D eigenvalue weighted by Crippen LogP contribution is 2.47. The zero-order valence-electron chi connectivity index (χ0n) is 13.4. The Morgan fingerprint density at radius 2 is 1.82 bits per heavy atom. The number of benzene rings is 1. The summed E-state index contributed by atoms with van der Waals surface area (Å²) < 4.78 is 0. The number of hydrogen-bond donors (Lipinski definition) is 2. The second kappa shape index (κ2) is 7.77. The minimum atomic E-state index is 0.203. The van der Waals surface area contributed by atoms with Crippen molar-refractivity contribution in [1.82, 2.24) is 10.6 Å². The fraction of sp³-hybridized carbons (Fsp3) is 0.632. The van der Waals surface area contributed by atoms with Crippen LogP contribution in [0.2, 0.25) is 0 Å². The van der Waals surface area contributed by atoms with E-state index in [0.717, 1.165) is 32.0 Å². The molecule has 120 valence electrons. The van der Waals surface area contributed by atoms with Gasteiger partial charge in [0.1, 0.15) is 0 Å². The minimum Gasteiger partial charge on any atom is -0.356 e. The van der Waals surface area contributed by atoms with Crippen LogP contribution >= 0.6 is 0 Å². The predicted octanol–water partition coefficient (Wildman–Crippen LogP) is 3.22.